The predicted molar refractivity (Wildman–Crippen MR) is 104 cm³/mol. The summed E-state index contributed by atoms with van der Waals surface area (Å²) in [5.74, 6) is 0.669. The minimum atomic E-state index is -3.10. The van der Waals surface area contributed by atoms with Crippen molar-refractivity contribution < 1.29 is 9.09 Å². The van der Waals surface area contributed by atoms with Crippen molar-refractivity contribution in [1.82, 2.24) is 0 Å². The van der Waals surface area contributed by atoms with Gasteiger partial charge in [-0.05, 0) is 60.3 Å². The van der Waals surface area contributed by atoms with Crippen molar-refractivity contribution in [1.29, 1.82) is 0 Å². The topological polar surface area (TPSA) is 26.3 Å². The maximum Gasteiger partial charge on any atom is 0.261 e. The second-order valence-electron chi connectivity index (χ2n) is 8.43. The summed E-state index contributed by atoms with van der Waals surface area (Å²) in [6.45, 7) is 7.07. The summed E-state index contributed by atoms with van der Waals surface area (Å²) in [5.41, 5.74) is 0.340. The van der Waals surface area contributed by atoms with Gasteiger partial charge >= 0.3 is 0 Å². The third-order valence-corrected chi connectivity index (χ3v) is 9.69. The first-order valence-electron chi connectivity index (χ1n) is 9.28. The lowest BCUT2D eigenvalue weighted by atomic mass is 9.70. The van der Waals surface area contributed by atoms with Gasteiger partial charge in [0, 0.05) is 10.6 Å². The van der Waals surface area contributed by atoms with Gasteiger partial charge < -0.3 is 4.52 Å². The molecule has 2 fully saturated rings. The van der Waals surface area contributed by atoms with E-state index in [9.17, 15) is 4.57 Å². The summed E-state index contributed by atoms with van der Waals surface area (Å²) in [4.78, 5) is 0. The molecule has 0 amide bonds. The first-order chi connectivity index (χ1) is 11.9. The number of benzene rings is 2. The Kier molecular flexibility index (Phi) is 3.98. The molecule has 0 saturated heterocycles. The monoisotopic (exact) mass is 354 g/mol. The van der Waals surface area contributed by atoms with Gasteiger partial charge in [-0.15, -0.1) is 0 Å². The molecular weight excluding hydrogens is 327 g/mol. The Morgan fingerprint density at radius 1 is 0.920 bits per heavy atom. The molecule has 0 aromatic heterocycles. The average Bonchev–Trinajstić information content (AvgIpc) is 2.96. The fourth-order valence-corrected chi connectivity index (χ4v) is 7.34. The highest BCUT2D eigenvalue weighted by Gasteiger charge is 2.63. The van der Waals surface area contributed by atoms with E-state index in [4.69, 9.17) is 4.52 Å². The molecule has 25 heavy (non-hydrogen) atoms. The molecule has 3 atom stereocenters. The van der Waals surface area contributed by atoms with E-state index < -0.39 is 7.37 Å². The van der Waals surface area contributed by atoms with Crippen molar-refractivity contribution >= 4 is 18.0 Å². The van der Waals surface area contributed by atoms with Gasteiger partial charge in [-0.2, -0.15) is 0 Å². The molecule has 2 nitrogen and oxygen atoms in total. The normalized spacial score (nSPS) is 30.5. The zero-order valence-electron chi connectivity index (χ0n) is 15.3. The zero-order valence-corrected chi connectivity index (χ0v) is 16.2. The van der Waals surface area contributed by atoms with Crippen molar-refractivity contribution in [3.63, 3.8) is 0 Å². The van der Waals surface area contributed by atoms with Crippen LogP contribution in [0.25, 0.3) is 0 Å². The van der Waals surface area contributed by atoms with Gasteiger partial charge in [0.25, 0.3) is 7.37 Å². The van der Waals surface area contributed by atoms with Gasteiger partial charge in [0.1, 0.15) is 0 Å². The minimum absolute atomic E-state index is 0.0486. The molecule has 0 aliphatic heterocycles. The van der Waals surface area contributed by atoms with Crippen LogP contribution in [-0.4, -0.2) is 6.10 Å². The molecule has 2 saturated carbocycles. The minimum Gasteiger partial charge on any atom is -0.318 e. The van der Waals surface area contributed by atoms with Crippen LogP contribution in [0, 0.1) is 16.7 Å². The van der Waals surface area contributed by atoms with E-state index in [1.165, 1.54) is 12.8 Å². The highest BCUT2D eigenvalue weighted by molar-refractivity contribution is 7.74. The van der Waals surface area contributed by atoms with Crippen LogP contribution in [0.3, 0.4) is 0 Å². The molecule has 0 heterocycles. The number of rotatable bonds is 4. The maximum atomic E-state index is 14.2. The van der Waals surface area contributed by atoms with Crippen LogP contribution in [0.5, 0.6) is 0 Å². The van der Waals surface area contributed by atoms with Crippen LogP contribution in [0.1, 0.15) is 40.0 Å². The maximum absolute atomic E-state index is 14.2. The first-order valence-corrected chi connectivity index (χ1v) is 10.9. The first kappa shape index (κ1) is 17.1. The van der Waals surface area contributed by atoms with E-state index in [1.54, 1.807) is 0 Å². The Labute approximate surface area is 151 Å². The fourth-order valence-electron chi connectivity index (χ4n) is 4.99. The highest BCUT2D eigenvalue weighted by atomic mass is 31.2. The smallest absolute Gasteiger partial charge is 0.261 e. The average molecular weight is 354 g/mol. The Bertz CT molecular complexity index is 756. The summed E-state index contributed by atoms with van der Waals surface area (Å²) in [6, 6.07) is 19.5. The highest BCUT2D eigenvalue weighted by Crippen LogP contribution is 2.68. The number of hydrogen-bond donors (Lipinski definition) is 0. The molecular formula is C22H27O2P. The van der Waals surface area contributed by atoms with E-state index in [0.717, 1.165) is 17.0 Å². The molecule has 2 aliphatic carbocycles. The third-order valence-electron chi connectivity index (χ3n) is 7.18. The van der Waals surface area contributed by atoms with Crippen molar-refractivity contribution in [2.75, 3.05) is 0 Å². The Balaban J connectivity index is 1.76. The van der Waals surface area contributed by atoms with E-state index in [1.807, 2.05) is 60.7 Å². The van der Waals surface area contributed by atoms with Gasteiger partial charge in [-0.1, -0.05) is 57.2 Å². The molecule has 3 heteroatoms. The third kappa shape index (κ3) is 2.46. The lowest BCUT2D eigenvalue weighted by molar-refractivity contribution is 0.0347. The van der Waals surface area contributed by atoms with E-state index in [-0.39, 0.29) is 16.9 Å². The van der Waals surface area contributed by atoms with Gasteiger partial charge in [0.15, 0.2) is 0 Å². The van der Waals surface area contributed by atoms with E-state index in [2.05, 4.69) is 20.8 Å². The second kappa shape index (κ2) is 5.83. The summed E-state index contributed by atoms with van der Waals surface area (Å²) >= 11 is 0. The summed E-state index contributed by atoms with van der Waals surface area (Å²) in [7, 11) is -3.10. The van der Waals surface area contributed by atoms with Crippen molar-refractivity contribution in [3.05, 3.63) is 60.7 Å². The van der Waals surface area contributed by atoms with Crippen molar-refractivity contribution in [3.8, 4) is 0 Å². The molecule has 0 radical (unpaired) electrons. The SMILES string of the molecule is CC1(C)[C@@H]2CC[C@@]1(C)[C@H](OP(=O)(c1ccccc1)c1ccccc1)C2. The van der Waals surface area contributed by atoms with E-state index >= 15 is 0 Å². The second-order valence-corrected chi connectivity index (χ2v) is 10.8. The molecule has 2 aromatic rings. The molecule has 0 spiro atoms. The van der Waals surface area contributed by atoms with Crippen LogP contribution >= 0.6 is 7.37 Å². The van der Waals surface area contributed by atoms with Gasteiger partial charge in [-0.25, -0.2) is 0 Å². The Morgan fingerprint density at radius 3 is 1.84 bits per heavy atom. The van der Waals surface area contributed by atoms with Crippen molar-refractivity contribution in [2.24, 2.45) is 16.7 Å². The summed E-state index contributed by atoms with van der Waals surface area (Å²) in [5, 5.41) is 1.59. The zero-order chi connectivity index (χ0) is 17.7. The lowest BCUT2D eigenvalue weighted by Crippen LogP contribution is -2.38. The number of fused-ring (bicyclic) bond motifs is 2. The van der Waals surface area contributed by atoms with Crippen LogP contribution in [0.15, 0.2) is 60.7 Å². The van der Waals surface area contributed by atoms with Crippen LogP contribution in [0.4, 0.5) is 0 Å². The quantitative estimate of drug-likeness (QED) is 0.710. The van der Waals surface area contributed by atoms with Gasteiger partial charge in [0.2, 0.25) is 0 Å². The van der Waals surface area contributed by atoms with Gasteiger partial charge in [0.05, 0.1) is 6.10 Å². The lowest BCUT2D eigenvalue weighted by Gasteiger charge is -2.40. The predicted octanol–water partition coefficient (Wildman–Crippen LogP) is 5.15. The van der Waals surface area contributed by atoms with Gasteiger partial charge in [-0.3, -0.25) is 4.57 Å². The molecule has 0 unspecified atom stereocenters. The van der Waals surface area contributed by atoms with E-state index in [0.29, 0.717) is 5.92 Å². The molecule has 132 valence electrons. The molecule has 2 bridgehead atoms. The van der Waals surface area contributed by atoms with Crippen LogP contribution < -0.4 is 10.6 Å². The van der Waals surface area contributed by atoms with Crippen LogP contribution in [-0.2, 0) is 9.09 Å². The largest absolute Gasteiger partial charge is 0.318 e. The van der Waals surface area contributed by atoms with Crippen LogP contribution in [0.2, 0.25) is 0 Å². The molecule has 0 N–H and O–H groups in total. The Morgan fingerprint density at radius 2 is 1.44 bits per heavy atom. The molecule has 4 rings (SSSR count). The summed E-state index contributed by atoms with van der Waals surface area (Å²) in [6.07, 6.45) is 3.50. The van der Waals surface area contributed by atoms with Crippen molar-refractivity contribution in [2.45, 2.75) is 46.1 Å². The standard InChI is InChI=1S/C22H27O2P/c1-21(2)17-14-15-22(21,3)20(16-17)24-25(23,18-10-6-4-7-11-18)19-12-8-5-9-13-19/h4-13,17,20H,14-16H2,1-3H3/t17-,20-,22+/m1/s1. The molecule has 2 aromatic carbocycles. The summed E-state index contributed by atoms with van der Waals surface area (Å²) < 4.78 is 20.8. The Hall–Kier alpha value is -1.37. The fraction of sp³-hybridized carbons (Fsp3) is 0.455. The number of hydrogen-bond acceptors (Lipinski definition) is 2. The molecule has 2 aliphatic rings.